The van der Waals surface area contributed by atoms with Crippen molar-refractivity contribution in [2.75, 3.05) is 18.4 Å². The number of anilines is 1. The lowest BCUT2D eigenvalue weighted by atomic mass is 9.74. The molecular weight excluding hydrogens is 236 g/mol. The molecule has 0 spiro atoms. The molecule has 0 saturated heterocycles. The molecule has 0 unspecified atom stereocenters. The summed E-state index contributed by atoms with van der Waals surface area (Å²) in [6.45, 7) is 1.75. The van der Waals surface area contributed by atoms with Gasteiger partial charge in [0.1, 0.15) is 12.1 Å². The maximum atomic E-state index is 6.04. The van der Waals surface area contributed by atoms with Crippen molar-refractivity contribution >= 4 is 5.82 Å². The Bertz CT molecular complexity index is 438. The Morgan fingerprint density at radius 1 is 1.11 bits per heavy atom. The van der Waals surface area contributed by atoms with Crippen LogP contribution in [0.4, 0.5) is 5.82 Å². The predicted molar refractivity (Wildman–Crippen MR) is 77.1 cm³/mol. The van der Waals surface area contributed by atoms with Gasteiger partial charge < -0.3 is 11.1 Å². The van der Waals surface area contributed by atoms with E-state index >= 15 is 0 Å². The van der Waals surface area contributed by atoms with Crippen molar-refractivity contribution in [3.63, 3.8) is 0 Å². The second-order valence-electron chi connectivity index (χ2n) is 6.12. The molecule has 1 fully saturated rings. The minimum absolute atomic E-state index is 0.286. The molecule has 3 rings (SSSR count). The Balaban J connectivity index is 1.70. The molecule has 0 amide bonds. The van der Waals surface area contributed by atoms with Crippen molar-refractivity contribution < 1.29 is 0 Å². The first-order valence-corrected chi connectivity index (χ1v) is 7.60. The fourth-order valence-electron chi connectivity index (χ4n) is 3.54. The SMILES string of the molecule is NCC1(CNc2ncnc3c2CCC3)CCCCC1. The molecule has 0 atom stereocenters. The third kappa shape index (κ3) is 2.59. The fourth-order valence-corrected chi connectivity index (χ4v) is 3.54. The van der Waals surface area contributed by atoms with Crippen LogP contribution in [0.2, 0.25) is 0 Å². The van der Waals surface area contributed by atoms with E-state index in [1.54, 1.807) is 6.33 Å². The molecule has 0 aromatic carbocycles. The molecule has 1 aromatic heterocycles. The molecule has 0 aliphatic heterocycles. The minimum atomic E-state index is 0.286. The molecule has 1 saturated carbocycles. The van der Waals surface area contributed by atoms with Gasteiger partial charge in [0.2, 0.25) is 0 Å². The van der Waals surface area contributed by atoms with E-state index in [2.05, 4.69) is 15.3 Å². The molecular formula is C15H24N4. The van der Waals surface area contributed by atoms with E-state index in [4.69, 9.17) is 5.73 Å². The highest BCUT2D eigenvalue weighted by molar-refractivity contribution is 5.48. The third-order valence-corrected chi connectivity index (χ3v) is 4.85. The zero-order valence-corrected chi connectivity index (χ0v) is 11.6. The van der Waals surface area contributed by atoms with Crippen LogP contribution < -0.4 is 11.1 Å². The zero-order valence-electron chi connectivity index (χ0n) is 11.6. The van der Waals surface area contributed by atoms with Gasteiger partial charge in [0.15, 0.2) is 0 Å². The van der Waals surface area contributed by atoms with Crippen LogP contribution in [0.5, 0.6) is 0 Å². The predicted octanol–water partition coefficient (Wildman–Crippen LogP) is 2.29. The average Bonchev–Trinajstić information content (AvgIpc) is 2.95. The molecule has 2 aliphatic rings. The first-order valence-electron chi connectivity index (χ1n) is 7.60. The summed E-state index contributed by atoms with van der Waals surface area (Å²) in [7, 11) is 0. The Labute approximate surface area is 115 Å². The van der Waals surface area contributed by atoms with E-state index < -0.39 is 0 Å². The summed E-state index contributed by atoms with van der Waals surface area (Å²) in [6.07, 6.45) is 11.6. The molecule has 0 bridgehead atoms. The Hall–Kier alpha value is -1.16. The van der Waals surface area contributed by atoms with Crippen molar-refractivity contribution in [1.29, 1.82) is 0 Å². The van der Waals surface area contributed by atoms with Gasteiger partial charge in [-0.3, -0.25) is 0 Å². The summed E-state index contributed by atoms with van der Waals surface area (Å²) in [6, 6.07) is 0. The van der Waals surface area contributed by atoms with Crippen molar-refractivity contribution in [1.82, 2.24) is 9.97 Å². The number of fused-ring (bicyclic) bond motifs is 1. The Kier molecular flexibility index (Phi) is 3.69. The van der Waals surface area contributed by atoms with Crippen LogP contribution >= 0.6 is 0 Å². The molecule has 2 aliphatic carbocycles. The summed E-state index contributed by atoms with van der Waals surface area (Å²) >= 11 is 0. The third-order valence-electron chi connectivity index (χ3n) is 4.85. The van der Waals surface area contributed by atoms with Gasteiger partial charge in [-0.25, -0.2) is 9.97 Å². The van der Waals surface area contributed by atoms with Crippen molar-refractivity contribution in [3.8, 4) is 0 Å². The summed E-state index contributed by atoms with van der Waals surface area (Å²) in [5.41, 5.74) is 8.91. The van der Waals surface area contributed by atoms with Gasteiger partial charge in [0, 0.05) is 17.8 Å². The maximum Gasteiger partial charge on any atom is 0.132 e. The topological polar surface area (TPSA) is 63.8 Å². The largest absolute Gasteiger partial charge is 0.369 e. The number of nitrogens with two attached hydrogens (primary N) is 1. The normalized spacial score (nSPS) is 21.1. The van der Waals surface area contributed by atoms with Gasteiger partial charge in [-0.1, -0.05) is 19.3 Å². The van der Waals surface area contributed by atoms with Crippen LogP contribution in [-0.2, 0) is 12.8 Å². The van der Waals surface area contributed by atoms with Gasteiger partial charge in [-0.2, -0.15) is 0 Å². The van der Waals surface area contributed by atoms with Crippen molar-refractivity contribution in [2.24, 2.45) is 11.1 Å². The van der Waals surface area contributed by atoms with Crippen LogP contribution in [-0.4, -0.2) is 23.1 Å². The van der Waals surface area contributed by atoms with Gasteiger partial charge >= 0.3 is 0 Å². The number of hydrogen-bond acceptors (Lipinski definition) is 4. The van der Waals surface area contributed by atoms with Gasteiger partial charge in [-0.15, -0.1) is 0 Å². The summed E-state index contributed by atoms with van der Waals surface area (Å²) in [4.78, 5) is 8.81. The molecule has 4 heteroatoms. The first-order chi connectivity index (χ1) is 9.33. The average molecular weight is 260 g/mol. The zero-order chi connectivity index (χ0) is 13.1. The number of nitrogens with zero attached hydrogens (tertiary/aromatic N) is 2. The fraction of sp³-hybridized carbons (Fsp3) is 0.733. The van der Waals surface area contributed by atoms with E-state index in [0.717, 1.165) is 31.7 Å². The van der Waals surface area contributed by atoms with E-state index in [9.17, 15) is 0 Å². The second kappa shape index (κ2) is 5.45. The maximum absolute atomic E-state index is 6.04. The van der Waals surface area contributed by atoms with Crippen LogP contribution in [0, 0.1) is 5.41 Å². The van der Waals surface area contributed by atoms with E-state index in [0.29, 0.717) is 0 Å². The van der Waals surface area contributed by atoms with E-state index in [1.165, 1.54) is 49.8 Å². The van der Waals surface area contributed by atoms with E-state index in [-0.39, 0.29) is 5.41 Å². The standard InChI is InChI=1S/C15H24N4/c16-9-15(7-2-1-3-8-15)10-17-14-12-5-4-6-13(12)18-11-19-14/h11H,1-10,16H2,(H,17,18,19). The number of hydrogen-bond donors (Lipinski definition) is 2. The molecule has 0 radical (unpaired) electrons. The van der Waals surface area contributed by atoms with Crippen LogP contribution in [0.1, 0.15) is 49.8 Å². The minimum Gasteiger partial charge on any atom is -0.369 e. The summed E-state index contributed by atoms with van der Waals surface area (Å²) in [5.74, 6) is 1.06. The van der Waals surface area contributed by atoms with Gasteiger partial charge in [0.25, 0.3) is 0 Å². The molecule has 4 nitrogen and oxygen atoms in total. The molecule has 104 valence electrons. The van der Waals surface area contributed by atoms with Gasteiger partial charge in [-0.05, 0) is 44.1 Å². The number of nitrogens with one attached hydrogen (secondary N) is 1. The monoisotopic (exact) mass is 260 g/mol. The summed E-state index contributed by atoms with van der Waals surface area (Å²) in [5, 5.41) is 3.58. The molecule has 1 heterocycles. The first kappa shape index (κ1) is 12.9. The Morgan fingerprint density at radius 2 is 1.95 bits per heavy atom. The highest BCUT2D eigenvalue weighted by Gasteiger charge is 2.31. The lowest BCUT2D eigenvalue weighted by Gasteiger charge is -2.36. The number of aryl methyl sites for hydroxylation is 1. The number of aromatic nitrogens is 2. The number of rotatable bonds is 4. The van der Waals surface area contributed by atoms with Crippen LogP contribution in [0.3, 0.4) is 0 Å². The lowest BCUT2D eigenvalue weighted by molar-refractivity contribution is 0.215. The second-order valence-corrected chi connectivity index (χ2v) is 6.12. The lowest BCUT2D eigenvalue weighted by Crippen LogP contribution is -2.39. The molecule has 3 N–H and O–H groups in total. The highest BCUT2D eigenvalue weighted by atomic mass is 15.0. The van der Waals surface area contributed by atoms with E-state index in [1.807, 2.05) is 0 Å². The van der Waals surface area contributed by atoms with Crippen LogP contribution in [0.25, 0.3) is 0 Å². The quantitative estimate of drug-likeness (QED) is 0.872. The van der Waals surface area contributed by atoms with Gasteiger partial charge in [0.05, 0.1) is 0 Å². The van der Waals surface area contributed by atoms with Crippen LogP contribution in [0.15, 0.2) is 6.33 Å². The smallest absolute Gasteiger partial charge is 0.132 e. The molecule has 19 heavy (non-hydrogen) atoms. The van der Waals surface area contributed by atoms with Crippen molar-refractivity contribution in [2.45, 2.75) is 51.4 Å². The Morgan fingerprint density at radius 3 is 2.74 bits per heavy atom. The summed E-state index contributed by atoms with van der Waals surface area (Å²) < 4.78 is 0. The highest BCUT2D eigenvalue weighted by Crippen LogP contribution is 2.36. The molecule has 1 aromatic rings. The van der Waals surface area contributed by atoms with Crippen molar-refractivity contribution in [3.05, 3.63) is 17.6 Å².